The summed E-state index contributed by atoms with van der Waals surface area (Å²) in [5.41, 5.74) is 9.05. The van der Waals surface area contributed by atoms with E-state index in [1.165, 1.54) is 5.56 Å². The van der Waals surface area contributed by atoms with Gasteiger partial charge in [0.2, 0.25) is 5.91 Å². The molecule has 1 amide bonds. The summed E-state index contributed by atoms with van der Waals surface area (Å²) in [5.74, 6) is 0.176. The maximum absolute atomic E-state index is 12.7. The summed E-state index contributed by atoms with van der Waals surface area (Å²) in [6.45, 7) is 5.45. The Kier molecular flexibility index (Phi) is 4.78. The van der Waals surface area contributed by atoms with Gasteiger partial charge in [-0.25, -0.2) is 4.98 Å². The molecule has 0 bridgehead atoms. The molecule has 2 aromatic rings. The predicted octanol–water partition coefficient (Wildman–Crippen LogP) is 2.92. The van der Waals surface area contributed by atoms with Gasteiger partial charge in [0.05, 0.1) is 17.1 Å². The molecule has 5 heteroatoms. The summed E-state index contributed by atoms with van der Waals surface area (Å²) in [6.07, 6.45) is 2.50. The molecule has 2 N–H and O–H groups in total. The van der Waals surface area contributed by atoms with Crippen molar-refractivity contribution in [2.24, 2.45) is 5.73 Å². The molecule has 3 rings (SSSR count). The molecule has 0 saturated carbocycles. The minimum Gasteiger partial charge on any atom is -0.338 e. The summed E-state index contributed by atoms with van der Waals surface area (Å²) in [7, 11) is 0. The minimum absolute atomic E-state index is 0.176. The summed E-state index contributed by atoms with van der Waals surface area (Å²) < 4.78 is 0. The van der Waals surface area contributed by atoms with Crippen LogP contribution in [0.3, 0.4) is 0 Å². The number of hydrogen-bond donors (Lipinski definition) is 1. The molecule has 0 radical (unpaired) electrons. The van der Waals surface area contributed by atoms with Crippen molar-refractivity contribution in [2.45, 2.75) is 39.2 Å². The molecule has 1 saturated heterocycles. The Morgan fingerprint density at radius 3 is 2.78 bits per heavy atom. The highest BCUT2D eigenvalue weighted by molar-refractivity contribution is 7.12. The monoisotopic (exact) mass is 329 g/mol. The number of thiazole rings is 1. The van der Waals surface area contributed by atoms with Crippen molar-refractivity contribution in [2.75, 3.05) is 13.1 Å². The maximum Gasteiger partial charge on any atom is 0.228 e. The smallest absolute Gasteiger partial charge is 0.228 e. The molecule has 2 heterocycles. The largest absolute Gasteiger partial charge is 0.338 e. The average molecular weight is 329 g/mol. The van der Waals surface area contributed by atoms with Crippen LogP contribution in [0.15, 0.2) is 24.3 Å². The third-order valence-electron chi connectivity index (χ3n) is 4.41. The number of hydrogen-bond acceptors (Lipinski definition) is 4. The lowest BCUT2D eigenvalue weighted by Crippen LogP contribution is -2.40. The first-order valence-corrected chi connectivity index (χ1v) is 8.93. The van der Waals surface area contributed by atoms with E-state index in [1.54, 1.807) is 11.3 Å². The molecule has 4 nitrogen and oxygen atoms in total. The molecular formula is C18H23N3OS. The zero-order valence-corrected chi connectivity index (χ0v) is 14.5. The van der Waals surface area contributed by atoms with Crippen molar-refractivity contribution >= 4 is 17.2 Å². The predicted molar refractivity (Wildman–Crippen MR) is 94.5 cm³/mol. The molecule has 1 aliphatic rings. The number of carbonyl (C=O) groups is 1. The van der Waals surface area contributed by atoms with E-state index in [-0.39, 0.29) is 11.9 Å². The van der Waals surface area contributed by atoms with Crippen LogP contribution < -0.4 is 5.73 Å². The van der Waals surface area contributed by atoms with Crippen LogP contribution in [0, 0.1) is 13.8 Å². The average Bonchev–Trinajstić information content (AvgIpc) is 3.14. The van der Waals surface area contributed by atoms with Gasteiger partial charge in [-0.3, -0.25) is 4.79 Å². The standard InChI is InChI=1S/C18H23N3OS/c1-12-5-7-14(8-6-12)18-16(23-13(2)20-18)10-17(22)21-9-3-4-15(21)11-19/h5-8,15H,3-4,9-11,19H2,1-2H3. The highest BCUT2D eigenvalue weighted by Crippen LogP contribution is 2.30. The van der Waals surface area contributed by atoms with Gasteiger partial charge in [-0.05, 0) is 26.7 Å². The van der Waals surface area contributed by atoms with Crippen molar-refractivity contribution in [3.63, 3.8) is 0 Å². The number of likely N-dealkylation sites (tertiary alicyclic amines) is 1. The number of aryl methyl sites for hydroxylation is 2. The Hall–Kier alpha value is -1.72. The Morgan fingerprint density at radius 2 is 2.09 bits per heavy atom. The SMILES string of the molecule is Cc1ccc(-c2nc(C)sc2CC(=O)N2CCCC2CN)cc1. The second kappa shape index (κ2) is 6.81. The lowest BCUT2D eigenvalue weighted by molar-refractivity contribution is -0.131. The highest BCUT2D eigenvalue weighted by atomic mass is 32.1. The first-order chi connectivity index (χ1) is 11.1. The van der Waals surface area contributed by atoms with Gasteiger partial charge in [-0.2, -0.15) is 0 Å². The Bertz CT molecular complexity index is 693. The highest BCUT2D eigenvalue weighted by Gasteiger charge is 2.28. The van der Waals surface area contributed by atoms with Crippen LogP contribution in [0.5, 0.6) is 0 Å². The van der Waals surface area contributed by atoms with Crippen LogP contribution in [-0.2, 0) is 11.2 Å². The molecule has 1 fully saturated rings. The fraction of sp³-hybridized carbons (Fsp3) is 0.444. The van der Waals surface area contributed by atoms with E-state index in [4.69, 9.17) is 5.73 Å². The number of carbonyl (C=O) groups excluding carboxylic acids is 1. The fourth-order valence-corrected chi connectivity index (χ4v) is 4.12. The van der Waals surface area contributed by atoms with Crippen molar-refractivity contribution in [3.05, 3.63) is 39.7 Å². The quantitative estimate of drug-likeness (QED) is 0.938. The van der Waals surface area contributed by atoms with Crippen LogP contribution in [-0.4, -0.2) is 34.9 Å². The molecule has 1 unspecified atom stereocenters. The lowest BCUT2D eigenvalue weighted by atomic mass is 10.1. The summed E-state index contributed by atoms with van der Waals surface area (Å²) in [4.78, 5) is 20.3. The zero-order chi connectivity index (χ0) is 16.4. The van der Waals surface area contributed by atoms with Crippen LogP contribution in [0.2, 0.25) is 0 Å². The Labute approximate surface area is 141 Å². The van der Waals surface area contributed by atoms with Crippen LogP contribution in [0.1, 0.15) is 28.3 Å². The number of nitrogens with two attached hydrogens (primary N) is 1. The first kappa shape index (κ1) is 16.1. The lowest BCUT2D eigenvalue weighted by Gasteiger charge is -2.23. The van der Waals surface area contributed by atoms with Gasteiger partial charge in [-0.1, -0.05) is 29.8 Å². The topological polar surface area (TPSA) is 59.2 Å². The number of amides is 1. The summed E-state index contributed by atoms with van der Waals surface area (Å²) in [5, 5.41) is 1.00. The van der Waals surface area contributed by atoms with E-state index in [9.17, 15) is 4.79 Å². The van der Waals surface area contributed by atoms with E-state index >= 15 is 0 Å². The number of rotatable bonds is 4. The fourth-order valence-electron chi connectivity index (χ4n) is 3.17. The van der Waals surface area contributed by atoms with Crippen LogP contribution >= 0.6 is 11.3 Å². The van der Waals surface area contributed by atoms with Crippen molar-refractivity contribution in [1.29, 1.82) is 0 Å². The first-order valence-electron chi connectivity index (χ1n) is 8.11. The molecule has 1 atom stereocenters. The minimum atomic E-state index is 0.176. The second-order valence-corrected chi connectivity index (χ2v) is 7.45. The van der Waals surface area contributed by atoms with Gasteiger partial charge in [0.1, 0.15) is 0 Å². The van der Waals surface area contributed by atoms with E-state index in [1.807, 2.05) is 11.8 Å². The van der Waals surface area contributed by atoms with Gasteiger partial charge in [0, 0.05) is 29.6 Å². The van der Waals surface area contributed by atoms with Gasteiger partial charge < -0.3 is 10.6 Å². The molecule has 1 aliphatic heterocycles. The number of aromatic nitrogens is 1. The third-order valence-corrected chi connectivity index (χ3v) is 5.38. The van der Waals surface area contributed by atoms with E-state index in [2.05, 4.69) is 36.2 Å². The second-order valence-electron chi connectivity index (χ2n) is 6.17. The van der Waals surface area contributed by atoms with Crippen molar-refractivity contribution in [3.8, 4) is 11.3 Å². The summed E-state index contributed by atoms with van der Waals surface area (Å²) >= 11 is 1.62. The number of benzene rings is 1. The molecule has 1 aromatic carbocycles. The molecule has 0 spiro atoms. The molecule has 1 aromatic heterocycles. The van der Waals surface area contributed by atoms with Crippen LogP contribution in [0.25, 0.3) is 11.3 Å². The Morgan fingerprint density at radius 1 is 1.35 bits per heavy atom. The third kappa shape index (κ3) is 3.46. The zero-order valence-electron chi connectivity index (χ0n) is 13.7. The van der Waals surface area contributed by atoms with Gasteiger partial charge in [0.25, 0.3) is 0 Å². The van der Waals surface area contributed by atoms with E-state index in [0.29, 0.717) is 13.0 Å². The van der Waals surface area contributed by atoms with Crippen LogP contribution in [0.4, 0.5) is 0 Å². The molecule has 0 aliphatic carbocycles. The summed E-state index contributed by atoms with van der Waals surface area (Å²) in [6, 6.07) is 8.53. The molecular weight excluding hydrogens is 306 g/mol. The maximum atomic E-state index is 12.7. The normalized spacial score (nSPS) is 17.7. The number of nitrogens with zero attached hydrogens (tertiary/aromatic N) is 2. The molecule has 23 heavy (non-hydrogen) atoms. The molecule has 122 valence electrons. The van der Waals surface area contributed by atoms with Gasteiger partial charge in [0.15, 0.2) is 0 Å². The Balaban J connectivity index is 1.83. The van der Waals surface area contributed by atoms with E-state index in [0.717, 1.165) is 40.5 Å². The van der Waals surface area contributed by atoms with Crippen molar-refractivity contribution in [1.82, 2.24) is 9.88 Å². The van der Waals surface area contributed by atoms with Crippen molar-refractivity contribution < 1.29 is 4.79 Å². The van der Waals surface area contributed by atoms with Gasteiger partial charge >= 0.3 is 0 Å². The van der Waals surface area contributed by atoms with Gasteiger partial charge in [-0.15, -0.1) is 11.3 Å². The van der Waals surface area contributed by atoms with E-state index < -0.39 is 0 Å².